The topological polar surface area (TPSA) is 71.7 Å². The Morgan fingerprint density at radius 3 is 2.25 bits per heavy atom. The SMILES string of the molecule is CC1(C)OB(c2c(C#N)ccc3c2C[C@@](CO)(c2ccccc2)O3)OC1(C)C. The van der Waals surface area contributed by atoms with Crippen molar-refractivity contribution in [2.45, 2.75) is 50.9 Å². The van der Waals surface area contributed by atoms with Crippen LogP contribution in [0.1, 0.15) is 44.4 Å². The molecular weight excluding hydrogens is 353 g/mol. The van der Waals surface area contributed by atoms with Gasteiger partial charge in [-0.25, -0.2) is 0 Å². The fourth-order valence-corrected chi connectivity index (χ4v) is 3.86. The fraction of sp³-hybridized carbons (Fsp3) is 0.409. The Morgan fingerprint density at radius 1 is 1.04 bits per heavy atom. The average molecular weight is 377 g/mol. The Kier molecular flexibility index (Phi) is 4.31. The van der Waals surface area contributed by atoms with Crippen LogP contribution >= 0.6 is 0 Å². The van der Waals surface area contributed by atoms with Crippen LogP contribution in [0.5, 0.6) is 5.75 Å². The lowest BCUT2D eigenvalue weighted by atomic mass is 9.71. The zero-order valence-corrected chi connectivity index (χ0v) is 16.7. The van der Waals surface area contributed by atoms with Crippen LogP contribution in [0.15, 0.2) is 42.5 Å². The first kappa shape index (κ1) is 19.0. The number of benzene rings is 2. The van der Waals surface area contributed by atoms with Crippen LogP contribution < -0.4 is 10.2 Å². The number of nitriles is 1. The average Bonchev–Trinajstić information content (AvgIpc) is 3.16. The van der Waals surface area contributed by atoms with E-state index in [-0.39, 0.29) is 6.61 Å². The Labute approximate surface area is 166 Å². The third-order valence-corrected chi connectivity index (χ3v) is 6.25. The van der Waals surface area contributed by atoms with Crippen LogP contribution in [-0.4, -0.2) is 30.0 Å². The van der Waals surface area contributed by atoms with Gasteiger partial charge in [0.1, 0.15) is 5.75 Å². The smallest absolute Gasteiger partial charge is 0.480 e. The minimum Gasteiger partial charge on any atom is -0.480 e. The number of hydrogen-bond acceptors (Lipinski definition) is 5. The maximum absolute atomic E-state index is 10.2. The number of fused-ring (bicyclic) bond motifs is 1. The molecule has 0 unspecified atom stereocenters. The van der Waals surface area contributed by atoms with E-state index in [0.29, 0.717) is 23.2 Å². The molecule has 1 saturated heterocycles. The van der Waals surface area contributed by atoms with Crippen molar-refractivity contribution in [2.24, 2.45) is 0 Å². The summed E-state index contributed by atoms with van der Waals surface area (Å²) in [6, 6.07) is 15.5. The van der Waals surface area contributed by atoms with Crippen molar-refractivity contribution in [3.05, 3.63) is 59.2 Å². The van der Waals surface area contributed by atoms with Crippen LogP contribution in [0.4, 0.5) is 0 Å². The van der Waals surface area contributed by atoms with E-state index in [1.165, 1.54) is 0 Å². The zero-order chi connectivity index (χ0) is 20.2. The van der Waals surface area contributed by atoms with Gasteiger partial charge < -0.3 is 19.2 Å². The highest BCUT2D eigenvalue weighted by Gasteiger charge is 2.54. The minimum absolute atomic E-state index is 0.170. The standard InChI is InChI=1S/C22H24BNO4/c1-20(2)21(3,4)28-23(27-20)19-15(13-24)10-11-18-17(19)12-22(14-25,26-18)16-8-6-5-7-9-16/h5-11,25H,12,14H2,1-4H3/t22-/m1/s1. The van der Waals surface area contributed by atoms with Gasteiger partial charge in [0.05, 0.1) is 29.4 Å². The maximum Gasteiger partial charge on any atom is 0.496 e. The lowest BCUT2D eigenvalue weighted by molar-refractivity contribution is 0.00578. The highest BCUT2D eigenvalue weighted by Crippen LogP contribution is 2.43. The van der Waals surface area contributed by atoms with Crippen molar-refractivity contribution in [1.29, 1.82) is 5.26 Å². The second-order valence-corrected chi connectivity index (χ2v) is 8.50. The largest absolute Gasteiger partial charge is 0.496 e. The number of rotatable bonds is 3. The molecule has 0 saturated carbocycles. The molecule has 0 aliphatic carbocycles. The summed E-state index contributed by atoms with van der Waals surface area (Å²) in [5.74, 6) is 0.654. The van der Waals surface area contributed by atoms with Gasteiger partial charge >= 0.3 is 7.12 Å². The molecule has 0 spiro atoms. The predicted octanol–water partition coefficient (Wildman–Crippen LogP) is 2.68. The molecule has 6 heteroatoms. The van der Waals surface area contributed by atoms with E-state index in [1.807, 2.05) is 58.0 Å². The van der Waals surface area contributed by atoms with Crippen molar-refractivity contribution < 1.29 is 19.2 Å². The molecule has 2 aliphatic heterocycles. The fourth-order valence-electron chi connectivity index (χ4n) is 3.86. The molecule has 4 rings (SSSR count). The van der Waals surface area contributed by atoms with Gasteiger partial charge in [-0.2, -0.15) is 5.26 Å². The first-order valence-corrected chi connectivity index (χ1v) is 9.50. The minimum atomic E-state index is -0.879. The summed E-state index contributed by atoms with van der Waals surface area (Å²) in [5.41, 5.74) is 1.05. The summed E-state index contributed by atoms with van der Waals surface area (Å²) < 4.78 is 18.7. The lowest BCUT2D eigenvalue weighted by Crippen LogP contribution is -2.41. The maximum atomic E-state index is 10.2. The molecule has 1 atom stereocenters. The summed E-state index contributed by atoms with van der Waals surface area (Å²) in [6.45, 7) is 7.78. The number of ether oxygens (including phenoxy) is 1. The zero-order valence-electron chi connectivity index (χ0n) is 16.7. The Morgan fingerprint density at radius 2 is 1.68 bits per heavy atom. The third-order valence-electron chi connectivity index (χ3n) is 6.25. The Bertz CT molecular complexity index is 935. The van der Waals surface area contributed by atoms with E-state index in [0.717, 1.165) is 11.1 Å². The molecule has 0 amide bonds. The van der Waals surface area contributed by atoms with Gasteiger partial charge in [-0.15, -0.1) is 0 Å². The van der Waals surface area contributed by atoms with Gasteiger partial charge in [-0.1, -0.05) is 30.3 Å². The van der Waals surface area contributed by atoms with Gasteiger partial charge in [0, 0.05) is 11.9 Å². The van der Waals surface area contributed by atoms with E-state index >= 15 is 0 Å². The van der Waals surface area contributed by atoms with Crippen molar-refractivity contribution in [3.8, 4) is 11.8 Å². The summed E-state index contributed by atoms with van der Waals surface area (Å²) >= 11 is 0. The Balaban J connectivity index is 1.81. The molecular formula is C22H24BNO4. The normalized spacial score (nSPS) is 24.5. The van der Waals surface area contributed by atoms with Gasteiger partial charge in [0.25, 0.3) is 0 Å². The quantitative estimate of drug-likeness (QED) is 0.833. The molecule has 1 N–H and O–H groups in total. The van der Waals surface area contributed by atoms with Gasteiger partial charge in [0.2, 0.25) is 0 Å². The van der Waals surface area contributed by atoms with Gasteiger partial charge in [0.15, 0.2) is 5.60 Å². The summed E-state index contributed by atoms with van der Waals surface area (Å²) in [4.78, 5) is 0. The van der Waals surface area contributed by atoms with E-state index < -0.39 is 23.9 Å². The number of hydrogen-bond donors (Lipinski definition) is 1. The molecule has 1 fully saturated rings. The molecule has 0 aromatic heterocycles. The molecule has 28 heavy (non-hydrogen) atoms. The van der Waals surface area contributed by atoms with Crippen LogP contribution in [0.25, 0.3) is 0 Å². The van der Waals surface area contributed by atoms with Gasteiger partial charge in [-0.3, -0.25) is 0 Å². The van der Waals surface area contributed by atoms with Crippen LogP contribution in [-0.2, 0) is 21.3 Å². The van der Waals surface area contributed by atoms with E-state index in [4.69, 9.17) is 14.0 Å². The molecule has 0 radical (unpaired) electrons. The molecule has 5 nitrogen and oxygen atoms in total. The van der Waals surface area contributed by atoms with E-state index in [9.17, 15) is 10.4 Å². The van der Waals surface area contributed by atoms with Crippen molar-refractivity contribution in [1.82, 2.24) is 0 Å². The van der Waals surface area contributed by atoms with Crippen LogP contribution in [0.2, 0.25) is 0 Å². The monoisotopic (exact) mass is 377 g/mol. The lowest BCUT2D eigenvalue weighted by Gasteiger charge is -2.32. The van der Waals surface area contributed by atoms with Gasteiger partial charge in [-0.05, 0) is 51.0 Å². The van der Waals surface area contributed by atoms with Crippen molar-refractivity contribution in [2.75, 3.05) is 6.61 Å². The molecule has 0 bridgehead atoms. The Hall–Kier alpha value is -2.33. The molecule has 2 aromatic carbocycles. The van der Waals surface area contributed by atoms with E-state index in [1.54, 1.807) is 12.1 Å². The number of nitrogens with zero attached hydrogens (tertiary/aromatic N) is 1. The molecule has 2 aliphatic rings. The summed E-state index contributed by atoms with van der Waals surface area (Å²) in [6.07, 6.45) is 0.442. The summed E-state index contributed by atoms with van der Waals surface area (Å²) in [7, 11) is -0.663. The second kappa shape index (κ2) is 6.35. The molecule has 2 aromatic rings. The predicted molar refractivity (Wildman–Crippen MR) is 106 cm³/mol. The summed E-state index contributed by atoms with van der Waals surface area (Å²) in [5, 5.41) is 20.0. The first-order chi connectivity index (χ1) is 13.2. The molecule has 2 heterocycles. The third kappa shape index (κ3) is 2.74. The van der Waals surface area contributed by atoms with Crippen molar-refractivity contribution in [3.63, 3.8) is 0 Å². The number of aliphatic hydroxyl groups excluding tert-OH is 1. The van der Waals surface area contributed by atoms with Crippen LogP contribution in [0, 0.1) is 11.3 Å². The number of aliphatic hydroxyl groups is 1. The first-order valence-electron chi connectivity index (χ1n) is 9.50. The second-order valence-electron chi connectivity index (χ2n) is 8.50. The highest BCUT2D eigenvalue weighted by atomic mass is 16.7. The van der Waals surface area contributed by atoms with Crippen LogP contribution in [0.3, 0.4) is 0 Å². The highest BCUT2D eigenvalue weighted by molar-refractivity contribution is 6.63. The van der Waals surface area contributed by atoms with E-state index in [2.05, 4.69) is 6.07 Å². The molecule has 144 valence electrons. The van der Waals surface area contributed by atoms with Crippen molar-refractivity contribution >= 4 is 12.6 Å².